The maximum atomic E-state index is 12.0. The van der Waals surface area contributed by atoms with E-state index in [1.54, 1.807) is 6.20 Å². The molecule has 6 nitrogen and oxygen atoms in total. The van der Waals surface area contributed by atoms with Crippen molar-refractivity contribution in [1.29, 1.82) is 0 Å². The van der Waals surface area contributed by atoms with Crippen LogP contribution in [0.15, 0.2) is 36.5 Å². The number of carbonyl (C=O) groups is 1. The van der Waals surface area contributed by atoms with Gasteiger partial charge in [0.15, 0.2) is 0 Å². The molecule has 33 heavy (non-hydrogen) atoms. The monoisotopic (exact) mass is 463 g/mol. The van der Waals surface area contributed by atoms with E-state index in [9.17, 15) is 4.79 Å². The summed E-state index contributed by atoms with van der Waals surface area (Å²) >= 11 is 0. The number of aromatic nitrogens is 2. The summed E-state index contributed by atoms with van der Waals surface area (Å²) in [4.78, 5) is 24.1. The van der Waals surface area contributed by atoms with Gasteiger partial charge in [0.05, 0.1) is 22.3 Å². The fourth-order valence-corrected chi connectivity index (χ4v) is 5.56. The van der Waals surface area contributed by atoms with Gasteiger partial charge in [-0.3, -0.25) is 14.8 Å². The molecule has 7 heteroatoms. The molecule has 0 bridgehead atoms. The Morgan fingerprint density at radius 1 is 1.09 bits per heavy atom. The summed E-state index contributed by atoms with van der Waals surface area (Å²) in [5.74, 6) is -0.274. The number of primary amides is 1. The van der Waals surface area contributed by atoms with Crippen molar-refractivity contribution >= 4 is 34.9 Å². The average Bonchev–Trinajstić information content (AvgIpc) is 3.53. The number of fused-ring (bicyclic) bond motifs is 2. The van der Waals surface area contributed by atoms with Gasteiger partial charge in [-0.1, -0.05) is 6.07 Å². The van der Waals surface area contributed by atoms with Gasteiger partial charge in [0.2, 0.25) is 5.91 Å². The van der Waals surface area contributed by atoms with Gasteiger partial charge in [0, 0.05) is 36.4 Å². The Morgan fingerprint density at radius 3 is 2.61 bits per heavy atom. The van der Waals surface area contributed by atoms with Crippen molar-refractivity contribution in [3.8, 4) is 11.1 Å². The number of rotatable bonds is 4. The first kappa shape index (κ1) is 22.1. The van der Waals surface area contributed by atoms with Crippen molar-refractivity contribution in [2.45, 2.75) is 56.4 Å². The molecule has 0 spiro atoms. The second-order valence-corrected chi connectivity index (χ2v) is 9.70. The zero-order valence-corrected chi connectivity index (χ0v) is 19.5. The summed E-state index contributed by atoms with van der Waals surface area (Å²) in [5, 5.41) is 1.20. The van der Waals surface area contributed by atoms with Crippen molar-refractivity contribution in [3.05, 3.63) is 53.5 Å². The van der Waals surface area contributed by atoms with Gasteiger partial charge >= 0.3 is 0 Å². The third-order valence-corrected chi connectivity index (χ3v) is 7.58. The van der Waals surface area contributed by atoms with Crippen molar-refractivity contribution in [2.75, 3.05) is 18.0 Å². The molecule has 1 atom stereocenters. The lowest BCUT2D eigenvalue weighted by molar-refractivity contribution is -0.120. The van der Waals surface area contributed by atoms with Gasteiger partial charge < -0.3 is 16.4 Å². The molecular weight excluding hydrogens is 434 g/mol. The number of nitrogens with two attached hydrogens (primary N) is 2. The lowest BCUT2D eigenvalue weighted by Crippen LogP contribution is -2.29. The fourth-order valence-electron chi connectivity index (χ4n) is 5.56. The number of carbonyl (C=O) groups excluding carboxylic acids is 1. The molecule has 3 aromatic rings. The number of hydrogen-bond acceptors (Lipinski definition) is 5. The number of halogens is 1. The lowest BCUT2D eigenvalue weighted by atomic mass is 9.91. The van der Waals surface area contributed by atoms with E-state index in [1.165, 1.54) is 35.2 Å². The second-order valence-electron chi connectivity index (χ2n) is 9.70. The van der Waals surface area contributed by atoms with E-state index in [-0.39, 0.29) is 24.4 Å². The van der Waals surface area contributed by atoms with Crippen molar-refractivity contribution in [3.63, 3.8) is 0 Å². The first-order valence-electron chi connectivity index (χ1n) is 11.8. The molecule has 6 rings (SSSR count). The molecule has 3 heterocycles. The van der Waals surface area contributed by atoms with Crippen LogP contribution in [0.25, 0.3) is 22.0 Å². The maximum absolute atomic E-state index is 12.0. The molecule has 1 saturated heterocycles. The maximum Gasteiger partial charge on any atom is 0.229 e. The topological polar surface area (TPSA) is 98.1 Å². The van der Waals surface area contributed by atoms with E-state index >= 15 is 0 Å². The SMILES string of the molecule is Cl.NC(=O)C1(c2cc(-c3ccc4nc5c(c(N6CC[C@@H](N)C6)c4c3)CCCC5)ccn2)CC1. The zero-order chi connectivity index (χ0) is 21.9. The Balaban J connectivity index is 0.00000228. The van der Waals surface area contributed by atoms with Gasteiger partial charge in [0.25, 0.3) is 0 Å². The number of benzene rings is 1. The predicted molar refractivity (Wildman–Crippen MR) is 134 cm³/mol. The molecule has 3 aliphatic rings. The minimum atomic E-state index is -0.579. The molecule has 2 aromatic heterocycles. The largest absolute Gasteiger partial charge is 0.369 e. The molecule has 0 radical (unpaired) electrons. The highest BCUT2D eigenvalue weighted by molar-refractivity contribution is 5.97. The number of pyridine rings is 2. The van der Waals surface area contributed by atoms with Crippen molar-refractivity contribution in [2.24, 2.45) is 11.5 Å². The van der Waals surface area contributed by atoms with E-state index in [1.807, 2.05) is 12.1 Å². The highest BCUT2D eigenvalue weighted by atomic mass is 35.5. The Bertz CT molecular complexity index is 1240. The Labute approximate surface area is 200 Å². The van der Waals surface area contributed by atoms with Gasteiger partial charge in [-0.15, -0.1) is 12.4 Å². The van der Waals surface area contributed by atoms with Crippen molar-refractivity contribution in [1.82, 2.24) is 9.97 Å². The summed E-state index contributed by atoms with van der Waals surface area (Å²) in [6.45, 7) is 1.90. The molecule has 1 aliphatic heterocycles. The Kier molecular flexibility index (Phi) is 5.53. The molecule has 1 amide bonds. The normalized spacial score (nSPS) is 20.9. The molecule has 1 aromatic carbocycles. The highest BCUT2D eigenvalue weighted by Gasteiger charge is 2.51. The number of aryl methyl sites for hydroxylation is 1. The van der Waals surface area contributed by atoms with E-state index in [2.05, 4.69) is 28.1 Å². The van der Waals surface area contributed by atoms with Crippen LogP contribution in [0.5, 0.6) is 0 Å². The van der Waals surface area contributed by atoms with Crippen LogP contribution in [0.1, 0.15) is 49.1 Å². The summed E-state index contributed by atoms with van der Waals surface area (Å²) < 4.78 is 0. The van der Waals surface area contributed by atoms with Crippen LogP contribution in [0.3, 0.4) is 0 Å². The van der Waals surface area contributed by atoms with Crippen molar-refractivity contribution < 1.29 is 4.79 Å². The zero-order valence-electron chi connectivity index (χ0n) is 18.7. The van der Waals surface area contributed by atoms with Gasteiger partial charge in [-0.2, -0.15) is 0 Å². The molecular formula is C26H30ClN5O. The van der Waals surface area contributed by atoms with Gasteiger partial charge in [-0.25, -0.2) is 0 Å². The molecule has 1 saturated carbocycles. The van der Waals surface area contributed by atoms with E-state index < -0.39 is 5.41 Å². The summed E-state index contributed by atoms with van der Waals surface area (Å²) in [6, 6.07) is 10.8. The van der Waals surface area contributed by atoms with Crippen LogP contribution >= 0.6 is 12.4 Å². The third kappa shape index (κ3) is 3.65. The first-order valence-corrected chi connectivity index (χ1v) is 11.8. The summed E-state index contributed by atoms with van der Waals surface area (Å²) in [5.41, 5.74) is 19.4. The van der Waals surface area contributed by atoms with Crippen LogP contribution in [-0.4, -0.2) is 35.0 Å². The first-order chi connectivity index (χ1) is 15.5. The smallest absolute Gasteiger partial charge is 0.229 e. The van der Waals surface area contributed by atoms with Gasteiger partial charge in [0.1, 0.15) is 0 Å². The third-order valence-electron chi connectivity index (χ3n) is 7.58. The highest BCUT2D eigenvalue weighted by Crippen LogP contribution is 2.48. The van der Waals surface area contributed by atoms with Gasteiger partial charge in [-0.05, 0) is 85.9 Å². The van der Waals surface area contributed by atoms with E-state index in [4.69, 9.17) is 16.5 Å². The second kappa shape index (κ2) is 8.26. The van der Waals surface area contributed by atoms with Crippen LogP contribution in [0, 0.1) is 0 Å². The molecule has 2 aliphatic carbocycles. The van der Waals surface area contributed by atoms with Crippen LogP contribution < -0.4 is 16.4 Å². The molecule has 4 N–H and O–H groups in total. The van der Waals surface area contributed by atoms with E-state index in [0.29, 0.717) is 0 Å². The minimum Gasteiger partial charge on any atom is -0.369 e. The summed E-state index contributed by atoms with van der Waals surface area (Å²) in [6.07, 6.45) is 8.97. The molecule has 0 unspecified atom stereocenters. The standard InChI is InChI=1S/C26H29N5O.ClH/c27-18-8-12-31(15-18)24-19-3-1-2-4-21(19)30-22-6-5-16(13-20(22)24)17-7-11-29-23(14-17)26(9-10-26)25(28)32;/h5-7,11,13-14,18H,1-4,8-10,12,15,27H2,(H2,28,32);1H/t18-;/m1./s1. The minimum absolute atomic E-state index is 0. The predicted octanol–water partition coefficient (Wildman–Crippen LogP) is 3.65. The van der Waals surface area contributed by atoms with Crippen LogP contribution in [0.2, 0.25) is 0 Å². The molecule has 2 fully saturated rings. The van der Waals surface area contributed by atoms with E-state index in [0.717, 1.165) is 67.5 Å². The quantitative estimate of drug-likeness (QED) is 0.615. The number of amides is 1. The lowest BCUT2D eigenvalue weighted by Gasteiger charge is -2.28. The number of hydrogen-bond donors (Lipinski definition) is 2. The average molecular weight is 464 g/mol. The molecule has 172 valence electrons. The Hall–Kier alpha value is -2.70. The van der Waals surface area contributed by atoms with Crippen LogP contribution in [0.4, 0.5) is 5.69 Å². The number of nitrogens with zero attached hydrogens (tertiary/aromatic N) is 3. The summed E-state index contributed by atoms with van der Waals surface area (Å²) in [7, 11) is 0. The Morgan fingerprint density at radius 2 is 1.88 bits per heavy atom. The van der Waals surface area contributed by atoms with Crippen LogP contribution in [-0.2, 0) is 23.1 Å². The number of anilines is 1. The fraction of sp³-hybridized carbons (Fsp3) is 0.423.